The predicted molar refractivity (Wildman–Crippen MR) is 109 cm³/mol. The van der Waals surface area contributed by atoms with Gasteiger partial charge in [-0.05, 0) is 37.5 Å². The Balaban J connectivity index is 1.63. The average Bonchev–Trinajstić information content (AvgIpc) is 3.41. The van der Waals surface area contributed by atoms with Crippen molar-refractivity contribution in [3.8, 4) is 0 Å². The summed E-state index contributed by atoms with van der Waals surface area (Å²) in [7, 11) is 0. The van der Waals surface area contributed by atoms with Gasteiger partial charge < -0.3 is 10.2 Å². The summed E-state index contributed by atoms with van der Waals surface area (Å²) in [6.07, 6.45) is 2.41. The van der Waals surface area contributed by atoms with E-state index < -0.39 is 46.5 Å². The summed E-state index contributed by atoms with van der Waals surface area (Å²) in [5, 5.41) is 9.83. The fourth-order valence-electron chi connectivity index (χ4n) is 3.92. The second-order valence-electron chi connectivity index (χ2n) is 7.60. The maximum Gasteiger partial charge on any atom is 0.312 e. The van der Waals surface area contributed by atoms with Gasteiger partial charge in [0.05, 0.1) is 18.3 Å². The van der Waals surface area contributed by atoms with Crippen molar-refractivity contribution in [2.24, 2.45) is 16.1 Å². The molecule has 1 aromatic rings. The van der Waals surface area contributed by atoms with Crippen LogP contribution < -0.4 is 5.32 Å². The zero-order valence-corrected chi connectivity index (χ0v) is 18.0. The number of hydrogen-bond donors (Lipinski definition) is 1. The number of amides is 2. The molecule has 0 saturated carbocycles. The van der Waals surface area contributed by atoms with E-state index in [1.807, 2.05) is 6.92 Å². The Bertz CT molecular complexity index is 966. The Labute approximate surface area is 183 Å². The lowest BCUT2D eigenvalue weighted by atomic mass is 9.92. The van der Waals surface area contributed by atoms with Crippen LogP contribution in [0, 0.1) is 17.6 Å². The highest BCUT2D eigenvalue weighted by Gasteiger charge is 2.40. The maximum atomic E-state index is 14.1. The largest absolute Gasteiger partial charge is 0.339 e. The van der Waals surface area contributed by atoms with Gasteiger partial charge in [-0.25, -0.2) is 8.78 Å². The van der Waals surface area contributed by atoms with E-state index in [-0.39, 0.29) is 24.3 Å². The first-order chi connectivity index (χ1) is 14.7. The van der Waals surface area contributed by atoms with Crippen molar-refractivity contribution < 1.29 is 23.2 Å². The highest BCUT2D eigenvalue weighted by Crippen LogP contribution is 2.28. The molecule has 0 aromatic heterocycles. The molecule has 1 N–H and O–H groups in total. The smallest absolute Gasteiger partial charge is 0.312 e. The third-order valence-corrected chi connectivity index (χ3v) is 6.09. The van der Waals surface area contributed by atoms with Gasteiger partial charge in [-0.2, -0.15) is 10.2 Å². The standard InChI is InChI=1S/C21H23ClF2N4O3/c1-3-15(16-6-8-25-27-16)26-20(30)21(31)28-9-7-13(11(28)2)17(29)10-12-4-5-14(23)18(22)19(12)24/h4-6,11,13,15H,3,7-10H2,1-2H3,(H,26,30)/t11-,13-,15?/m0/s1. The second-order valence-corrected chi connectivity index (χ2v) is 7.98. The van der Waals surface area contributed by atoms with Gasteiger partial charge >= 0.3 is 11.8 Å². The van der Waals surface area contributed by atoms with E-state index in [9.17, 15) is 23.2 Å². The number of benzene rings is 1. The molecule has 0 spiro atoms. The summed E-state index contributed by atoms with van der Waals surface area (Å²) in [5.41, 5.74) is 0.613. The fourth-order valence-corrected chi connectivity index (χ4v) is 4.11. The maximum absolute atomic E-state index is 14.1. The number of carbonyl (C=O) groups is 3. The van der Waals surface area contributed by atoms with E-state index >= 15 is 0 Å². The molecule has 7 nitrogen and oxygen atoms in total. The molecule has 3 rings (SSSR count). The third kappa shape index (κ3) is 4.81. The number of carbonyl (C=O) groups excluding carboxylic acids is 3. The molecule has 0 radical (unpaired) electrons. The number of hydrogen-bond acceptors (Lipinski definition) is 5. The number of halogens is 3. The van der Waals surface area contributed by atoms with Gasteiger partial charge in [0.25, 0.3) is 0 Å². The van der Waals surface area contributed by atoms with Crippen LogP contribution in [0.1, 0.15) is 32.3 Å². The normalized spacial score (nSPS) is 21.2. The summed E-state index contributed by atoms with van der Waals surface area (Å²) in [6.45, 7) is 4.22. The number of nitrogens with zero attached hydrogens (tertiary/aromatic N) is 3. The second kappa shape index (κ2) is 9.64. The average molecular weight is 453 g/mol. The van der Waals surface area contributed by atoms with Crippen LogP contribution in [-0.4, -0.2) is 47.7 Å². The Hall–Kier alpha value is -2.68. The van der Waals surface area contributed by atoms with E-state index in [1.54, 1.807) is 13.0 Å². The zero-order valence-electron chi connectivity index (χ0n) is 17.2. The van der Waals surface area contributed by atoms with E-state index in [1.165, 1.54) is 11.0 Å². The molecule has 1 saturated heterocycles. The first-order valence-electron chi connectivity index (χ1n) is 10.1. The number of azo groups is 1. The lowest BCUT2D eigenvalue weighted by Gasteiger charge is -2.25. The molecule has 31 heavy (non-hydrogen) atoms. The van der Waals surface area contributed by atoms with Crippen LogP contribution in [0.15, 0.2) is 34.1 Å². The van der Waals surface area contributed by atoms with E-state index in [4.69, 9.17) is 11.6 Å². The predicted octanol–water partition coefficient (Wildman–Crippen LogP) is 3.21. The molecule has 2 aliphatic rings. The molecule has 10 heteroatoms. The summed E-state index contributed by atoms with van der Waals surface area (Å²) < 4.78 is 27.5. The molecule has 1 aromatic carbocycles. The minimum absolute atomic E-state index is 0.00379. The lowest BCUT2D eigenvalue weighted by molar-refractivity contribution is -0.147. The molecule has 2 amide bonds. The monoisotopic (exact) mass is 452 g/mol. The van der Waals surface area contributed by atoms with Crippen LogP contribution in [0.3, 0.4) is 0 Å². The first-order valence-corrected chi connectivity index (χ1v) is 10.5. The van der Waals surface area contributed by atoms with Crippen LogP contribution in [-0.2, 0) is 20.8 Å². The Morgan fingerprint density at radius 2 is 2.06 bits per heavy atom. The van der Waals surface area contributed by atoms with Crippen LogP contribution in [0.25, 0.3) is 0 Å². The minimum atomic E-state index is -0.961. The van der Waals surface area contributed by atoms with Gasteiger partial charge in [-0.15, -0.1) is 0 Å². The number of nitrogens with one attached hydrogen (secondary N) is 1. The number of rotatable bonds is 6. The molecule has 1 fully saturated rings. The van der Waals surface area contributed by atoms with Crippen molar-refractivity contribution in [2.45, 2.75) is 45.2 Å². The molecule has 166 valence electrons. The Morgan fingerprint density at radius 3 is 2.71 bits per heavy atom. The highest BCUT2D eigenvalue weighted by molar-refractivity contribution is 6.35. The van der Waals surface area contributed by atoms with Crippen LogP contribution in [0.4, 0.5) is 8.78 Å². The van der Waals surface area contributed by atoms with Gasteiger partial charge in [-0.1, -0.05) is 24.6 Å². The van der Waals surface area contributed by atoms with Gasteiger partial charge in [0.2, 0.25) is 0 Å². The molecule has 2 aliphatic heterocycles. The van der Waals surface area contributed by atoms with Crippen LogP contribution in [0.2, 0.25) is 5.02 Å². The minimum Gasteiger partial charge on any atom is -0.339 e. The van der Waals surface area contributed by atoms with Crippen molar-refractivity contribution in [1.29, 1.82) is 0 Å². The van der Waals surface area contributed by atoms with Gasteiger partial charge in [-0.3, -0.25) is 14.4 Å². The lowest BCUT2D eigenvalue weighted by Crippen LogP contribution is -2.48. The highest BCUT2D eigenvalue weighted by atomic mass is 35.5. The summed E-state index contributed by atoms with van der Waals surface area (Å²) >= 11 is 5.58. The van der Waals surface area contributed by atoms with Crippen molar-refractivity contribution in [1.82, 2.24) is 10.2 Å². The molecular formula is C21H23ClF2N4O3. The molecule has 0 aliphatic carbocycles. The SMILES string of the molecule is CCC(NC(=O)C(=O)N1CC[C@H](C(=O)Cc2ccc(F)c(Cl)c2F)[C@@H]1C)C1=CCN=N1. The topological polar surface area (TPSA) is 91.2 Å². The van der Waals surface area contributed by atoms with E-state index in [0.29, 0.717) is 25.1 Å². The van der Waals surface area contributed by atoms with Crippen molar-refractivity contribution in [3.05, 3.63) is 46.1 Å². The van der Waals surface area contributed by atoms with Crippen molar-refractivity contribution in [3.63, 3.8) is 0 Å². The van der Waals surface area contributed by atoms with Crippen LogP contribution in [0.5, 0.6) is 0 Å². The molecule has 1 unspecified atom stereocenters. The fraction of sp³-hybridized carbons (Fsp3) is 0.476. The van der Waals surface area contributed by atoms with Crippen molar-refractivity contribution >= 4 is 29.2 Å². The van der Waals surface area contributed by atoms with Crippen LogP contribution >= 0.6 is 11.6 Å². The Kier molecular flexibility index (Phi) is 7.15. The van der Waals surface area contributed by atoms with Gasteiger partial charge in [0.15, 0.2) is 0 Å². The van der Waals surface area contributed by atoms with Gasteiger partial charge in [0, 0.05) is 24.9 Å². The molecular weight excluding hydrogens is 430 g/mol. The summed E-state index contributed by atoms with van der Waals surface area (Å²) in [6, 6.07) is 1.25. The number of ketones is 1. The molecule has 0 bridgehead atoms. The first kappa shape index (κ1) is 23.0. The quantitative estimate of drug-likeness (QED) is 0.530. The Morgan fingerprint density at radius 1 is 1.32 bits per heavy atom. The molecule has 2 heterocycles. The third-order valence-electron chi connectivity index (χ3n) is 5.74. The number of Topliss-reactive ketones (excluding diaryl/α,β-unsaturated/α-hetero) is 1. The van der Waals surface area contributed by atoms with Crippen molar-refractivity contribution in [2.75, 3.05) is 13.1 Å². The zero-order chi connectivity index (χ0) is 22.7. The summed E-state index contributed by atoms with van der Waals surface area (Å²) in [4.78, 5) is 39.3. The van der Waals surface area contributed by atoms with E-state index in [0.717, 1.165) is 6.07 Å². The van der Waals surface area contributed by atoms with Gasteiger partial charge in [0.1, 0.15) is 22.4 Å². The van der Waals surface area contributed by atoms with E-state index in [2.05, 4.69) is 15.5 Å². The summed E-state index contributed by atoms with van der Waals surface area (Å²) in [5.74, 6) is -4.22. The number of likely N-dealkylation sites (tertiary alicyclic amines) is 1. The molecule has 3 atom stereocenters.